The summed E-state index contributed by atoms with van der Waals surface area (Å²) in [5.74, 6) is 1.18. The second-order valence-corrected chi connectivity index (χ2v) is 24.0. The monoisotopic (exact) mass is 820 g/mol. The van der Waals surface area contributed by atoms with E-state index in [1.165, 1.54) is 33.4 Å². The van der Waals surface area contributed by atoms with Gasteiger partial charge < -0.3 is 19.2 Å². The number of nitrogens with one attached hydrogen (secondary N) is 1. The van der Waals surface area contributed by atoms with E-state index in [1.807, 2.05) is 24.3 Å². The lowest BCUT2D eigenvalue weighted by molar-refractivity contribution is 0.0453. The van der Waals surface area contributed by atoms with E-state index in [1.54, 1.807) is 0 Å². The highest BCUT2D eigenvalue weighted by Gasteiger charge is 2.50. The van der Waals surface area contributed by atoms with Gasteiger partial charge in [-0.1, -0.05) is 118 Å². The van der Waals surface area contributed by atoms with Gasteiger partial charge >= 0.3 is 0 Å². The van der Waals surface area contributed by atoms with E-state index in [-0.39, 0.29) is 33.4 Å². The predicted molar refractivity (Wildman–Crippen MR) is 238 cm³/mol. The number of carbonyl (C=O) groups is 1. The summed E-state index contributed by atoms with van der Waals surface area (Å²) < 4.78 is 17.3. The zero-order chi connectivity index (χ0) is 39.8. The first-order chi connectivity index (χ1) is 27.5. The highest BCUT2D eigenvalue weighted by atomic mass is 35.5. The molecule has 4 aliphatic rings. The highest BCUT2D eigenvalue weighted by molar-refractivity contribution is 7.98. The molecule has 2 aliphatic heterocycles. The zero-order valence-corrected chi connectivity index (χ0v) is 36.3. The topological polar surface area (TPSA) is 71.0 Å². The minimum absolute atomic E-state index is 0.0282. The molecule has 9 heteroatoms. The largest absolute Gasteiger partial charge is 0.490 e. The molecule has 0 saturated heterocycles. The first-order valence-electron chi connectivity index (χ1n) is 20.8. The van der Waals surface area contributed by atoms with Gasteiger partial charge in [0.05, 0.1) is 18.4 Å². The summed E-state index contributed by atoms with van der Waals surface area (Å²) in [7, 11) is -2.78. The standard InChI is InChI=1S/C48H57ClN2O4SSi/c1-33-26-34(30-55-57(47(2,3)4,39-13-7-5-8-14-39)40-15-9-6-10-16-40)17-23-44(52)41-21-18-37(41)29-51-31-48(25-11-12-35-27-38(49)20-22-42(35)48)32-54-45-24-19-36(28-43(45)51)46(53)50-56-33/h5-10,13-17,19-20,22-24,27-28,33-34,37,41,44,52H,11-12,18,21,25-26,29-32H2,1-4H3,(H,50,53)/b23-17-/t33-,34+,37+,41-,44+,48+/m1/s1. The Morgan fingerprint density at radius 3 is 2.40 bits per heavy atom. The van der Waals surface area contributed by atoms with Gasteiger partial charge in [0.2, 0.25) is 0 Å². The lowest BCUT2D eigenvalue weighted by Crippen LogP contribution is -2.66. The van der Waals surface area contributed by atoms with Crippen molar-refractivity contribution in [2.75, 3.05) is 31.2 Å². The van der Waals surface area contributed by atoms with Gasteiger partial charge in [-0.25, -0.2) is 0 Å². The van der Waals surface area contributed by atoms with E-state index in [2.05, 4.69) is 122 Å². The fourth-order valence-electron chi connectivity index (χ4n) is 10.1. The summed E-state index contributed by atoms with van der Waals surface area (Å²) in [5.41, 5.74) is 4.00. The first-order valence-corrected chi connectivity index (χ1v) is 24.0. The minimum atomic E-state index is -2.78. The van der Waals surface area contributed by atoms with Crippen LogP contribution in [-0.2, 0) is 16.3 Å². The highest BCUT2D eigenvalue weighted by Crippen LogP contribution is 2.47. The molecular formula is C48H57ClN2O4SSi. The number of anilines is 1. The van der Waals surface area contributed by atoms with Crippen LogP contribution in [0.5, 0.6) is 5.75 Å². The first kappa shape index (κ1) is 40.3. The van der Waals surface area contributed by atoms with Gasteiger partial charge in [0.1, 0.15) is 5.75 Å². The summed E-state index contributed by atoms with van der Waals surface area (Å²) in [4.78, 5) is 16.4. The van der Waals surface area contributed by atoms with E-state index in [0.29, 0.717) is 24.7 Å². The average molecular weight is 822 g/mol. The van der Waals surface area contributed by atoms with Crippen LogP contribution in [-0.4, -0.2) is 57.0 Å². The van der Waals surface area contributed by atoms with Crippen molar-refractivity contribution in [1.29, 1.82) is 0 Å². The number of carbonyl (C=O) groups excluding carboxylic acids is 1. The van der Waals surface area contributed by atoms with Crippen LogP contribution in [0.4, 0.5) is 5.69 Å². The van der Waals surface area contributed by atoms with Crippen LogP contribution in [0.3, 0.4) is 0 Å². The summed E-state index contributed by atoms with van der Waals surface area (Å²) in [6.07, 6.45) is 9.62. The molecule has 1 saturated carbocycles. The van der Waals surface area contributed by atoms with Crippen molar-refractivity contribution in [2.45, 2.75) is 88.0 Å². The van der Waals surface area contributed by atoms with Gasteiger partial charge in [-0.2, -0.15) is 0 Å². The smallest absolute Gasteiger partial charge is 0.261 e. The SMILES string of the molecule is C[C@@H]1C[C@@H](CO[Si](c2ccccc2)(c2ccccc2)C(C)(C)C)/C=C\[C@H](O)[C@@H]2CC[C@H]2CN2C[C@@]3(CCCc4cc(Cl)ccc43)COc3ccc(cc32)C(=O)NS1. The molecule has 2 heterocycles. The molecule has 2 aliphatic carbocycles. The van der Waals surface area contributed by atoms with E-state index >= 15 is 0 Å². The van der Waals surface area contributed by atoms with Gasteiger partial charge in [-0.15, -0.1) is 0 Å². The number of rotatable bonds is 5. The molecule has 4 aromatic rings. The Hall–Kier alpha value is -3.53. The number of hydrogen-bond donors (Lipinski definition) is 2. The number of ether oxygens (including phenoxy) is 1. The molecule has 1 spiro atoms. The molecule has 4 aromatic carbocycles. The molecule has 2 N–H and O–H groups in total. The predicted octanol–water partition coefficient (Wildman–Crippen LogP) is 9.12. The van der Waals surface area contributed by atoms with Gasteiger partial charge in [-0.05, 0) is 119 Å². The van der Waals surface area contributed by atoms with Crippen LogP contribution in [0.15, 0.2) is 109 Å². The molecule has 8 rings (SSSR count). The van der Waals surface area contributed by atoms with Gasteiger partial charge in [0.25, 0.3) is 14.2 Å². The molecule has 0 unspecified atom stereocenters. The number of aryl methyl sites for hydroxylation is 1. The van der Waals surface area contributed by atoms with Crippen LogP contribution in [0.25, 0.3) is 0 Å². The van der Waals surface area contributed by atoms with Crippen molar-refractivity contribution in [3.05, 3.63) is 131 Å². The van der Waals surface area contributed by atoms with Crippen LogP contribution < -0.4 is 24.7 Å². The van der Waals surface area contributed by atoms with Crippen LogP contribution >= 0.6 is 23.5 Å². The van der Waals surface area contributed by atoms with Crippen LogP contribution in [0.1, 0.15) is 81.3 Å². The third-order valence-electron chi connectivity index (χ3n) is 13.2. The van der Waals surface area contributed by atoms with Crippen molar-refractivity contribution in [2.24, 2.45) is 17.8 Å². The summed E-state index contributed by atoms with van der Waals surface area (Å²) >= 11 is 7.96. The number of halogens is 1. The number of aliphatic hydroxyl groups is 1. The lowest BCUT2D eigenvalue weighted by Gasteiger charge is -2.45. The Morgan fingerprint density at radius 2 is 1.72 bits per heavy atom. The van der Waals surface area contributed by atoms with Crippen molar-refractivity contribution >= 4 is 53.8 Å². The number of fused-ring (bicyclic) bond motifs is 4. The number of nitrogens with zero attached hydrogens (tertiary/aromatic N) is 1. The van der Waals surface area contributed by atoms with Crippen LogP contribution in [0.2, 0.25) is 10.1 Å². The van der Waals surface area contributed by atoms with Crippen molar-refractivity contribution in [3.63, 3.8) is 0 Å². The number of hydrogen-bond acceptors (Lipinski definition) is 6. The maximum Gasteiger partial charge on any atom is 0.261 e. The van der Waals surface area contributed by atoms with Gasteiger partial charge in [0.15, 0.2) is 0 Å². The molecular weight excluding hydrogens is 764 g/mol. The average Bonchev–Trinajstić information content (AvgIpc) is 3.34. The maximum absolute atomic E-state index is 13.9. The number of aliphatic hydroxyl groups excluding tert-OH is 1. The summed E-state index contributed by atoms with van der Waals surface area (Å²) in [6, 6.07) is 33.8. The van der Waals surface area contributed by atoms with E-state index < -0.39 is 14.4 Å². The molecule has 0 radical (unpaired) electrons. The van der Waals surface area contributed by atoms with Crippen molar-refractivity contribution < 1.29 is 19.1 Å². The normalized spacial score (nSPS) is 27.2. The Kier molecular flexibility index (Phi) is 11.7. The lowest BCUT2D eigenvalue weighted by atomic mass is 9.68. The number of amides is 1. The molecule has 300 valence electrons. The second-order valence-electron chi connectivity index (χ2n) is 18.0. The number of benzene rings is 4. The van der Waals surface area contributed by atoms with Crippen molar-refractivity contribution in [1.82, 2.24) is 4.72 Å². The Morgan fingerprint density at radius 1 is 0.982 bits per heavy atom. The quantitative estimate of drug-likeness (QED) is 0.119. The molecule has 0 aromatic heterocycles. The molecule has 6 nitrogen and oxygen atoms in total. The Labute approximate surface area is 349 Å². The van der Waals surface area contributed by atoms with Crippen LogP contribution in [0, 0.1) is 17.8 Å². The third-order valence-corrected chi connectivity index (χ3v) is 19.3. The summed E-state index contributed by atoms with van der Waals surface area (Å²) in [6.45, 7) is 11.7. The summed E-state index contributed by atoms with van der Waals surface area (Å²) in [5, 5.41) is 15.1. The molecule has 6 atom stereocenters. The van der Waals surface area contributed by atoms with Crippen molar-refractivity contribution in [3.8, 4) is 5.75 Å². The minimum Gasteiger partial charge on any atom is -0.490 e. The van der Waals surface area contributed by atoms with E-state index in [9.17, 15) is 9.90 Å². The maximum atomic E-state index is 13.9. The fraction of sp³-hybridized carbons (Fsp3) is 0.438. The fourth-order valence-corrected chi connectivity index (χ4v) is 15.7. The van der Waals surface area contributed by atoms with Gasteiger partial charge in [0, 0.05) is 46.9 Å². The zero-order valence-electron chi connectivity index (χ0n) is 33.8. The Bertz CT molecular complexity index is 2040. The molecule has 57 heavy (non-hydrogen) atoms. The molecule has 1 amide bonds. The molecule has 2 bridgehead atoms. The second kappa shape index (κ2) is 16.6. The van der Waals surface area contributed by atoms with E-state index in [4.69, 9.17) is 20.8 Å². The third kappa shape index (κ3) is 8.10. The Balaban J connectivity index is 1.11. The van der Waals surface area contributed by atoms with Gasteiger partial charge in [-0.3, -0.25) is 9.52 Å². The van der Waals surface area contributed by atoms with E-state index in [0.717, 1.165) is 68.1 Å². The molecule has 1 fully saturated rings.